The summed E-state index contributed by atoms with van der Waals surface area (Å²) in [6, 6.07) is 5.27. The van der Waals surface area contributed by atoms with Gasteiger partial charge in [-0.2, -0.15) is 0 Å². The van der Waals surface area contributed by atoms with Crippen molar-refractivity contribution in [3.8, 4) is 5.75 Å². The van der Waals surface area contributed by atoms with Crippen LogP contribution in [0.15, 0.2) is 18.2 Å². The zero-order chi connectivity index (χ0) is 21.2. The minimum absolute atomic E-state index is 0.117. The first kappa shape index (κ1) is 24.7. The van der Waals surface area contributed by atoms with E-state index in [1.165, 1.54) is 7.11 Å². The van der Waals surface area contributed by atoms with E-state index in [2.05, 4.69) is 18.9 Å². The van der Waals surface area contributed by atoms with Gasteiger partial charge >= 0.3 is 13.5 Å². The summed E-state index contributed by atoms with van der Waals surface area (Å²) in [5.74, 6) is 0.0901. The lowest BCUT2D eigenvalue weighted by molar-refractivity contribution is -0.146. The molecule has 0 saturated heterocycles. The standard InChI is InChI=1S/C21H36NO5P/c1-7-11-17-13-10-14-18(12-8-2)20(17)27-28(24,15-25-6)22-19(16(4)5)21(23)26-9-3/h10,13-14,16,19H,7-9,11-12,15H2,1-6H3,(H,22,24)/t19-,28?/m0/s1. The number of rotatable bonds is 13. The highest BCUT2D eigenvalue weighted by Gasteiger charge is 2.35. The van der Waals surface area contributed by atoms with Gasteiger partial charge in [0.2, 0.25) is 0 Å². The minimum Gasteiger partial charge on any atom is -0.465 e. The Kier molecular flexibility index (Phi) is 10.8. The zero-order valence-electron chi connectivity index (χ0n) is 18.1. The zero-order valence-corrected chi connectivity index (χ0v) is 19.0. The highest BCUT2D eigenvalue weighted by Crippen LogP contribution is 2.46. The topological polar surface area (TPSA) is 73.9 Å². The molecule has 0 aromatic heterocycles. The second-order valence-corrected chi connectivity index (χ2v) is 9.24. The van der Waals surface area contributed by atoms with Crippen LogP contribution in [0.4, 0.5) is 0 Å². The van der Waals surface area contributed by atoms with Gasteiger partial charge in [-0.05, 0) is 36.8 Å². The van der Waals surface area contributed by atoms with E-state index >= 15 is 0 Å². The van der Waals surface area contributed by atoms with E-state index in [1.54, 1.807) is 6.92 Å². The van der Waals surface area contributed by atoms with Crippen molar-refractivity contribution in [3.63, 3.8) is 0 Å². The van der Waals surface area contributed by atoms with Crippen molar-refractivity contribution in [2.75, 3.05) is 20.1 Å². The first-order chi connectivity index (χ1) is 13.3. The van der Waals surface area contributed by atoms with Crippen LogP contribution in [0.2, 0.25) is 0 Å². The number of aryl methyl sites for hydroxylation is 2. The van der Waals surface area contributed by atoms with Gasteiger partial charge in [-0.25, -0.2) is 5.09 Å². The lowest BCUT2D eigenvalue weighted by atomic mass is 10.0. The molecule has 0 fully saturated rings. The number of benzene rings is 1. The number of hydrogen-bond acceptors (Lipinski definition) is 5. The molecule has 1 unspecified atom stereocenters. The minimum atomic E-state index is -3.50. The Balaban J connectivity index is 3.27. The summed E-state index contributed by atoms with van der Waals surface area (Å²) in [6.45, 7) is 9.95. The molecule has 6 nitrogen and oxygen atoms in total. The van der Waals surface area contributed by atoms with Crippen LogP contribution in [-0.2, 0) is 31.7 Å². The van der Waals surface area contributed by atoms with E-state index < -0.39 is 19.5 Å². The molecular weight excluding hydrogens is 377 g/mol. The van der Waals surface area contributed by atoms with Gasteiger partial charge in [-0.3, -0.25) is 9.36 Å². The van der Waals surface area contributed by atoms with Gasteiger partial charge in [0.25, 0.3) is 0 Å². The predicted molar refractivity (Wildman–Crippen MR) is 113 cm³/mol. The van der Waals surface area contributed by atoms with Gasteiger partial charge in [0.15, 0.2) is 0 Å². The van der Waals surface area contributed by atoms with E-state index in [9.17, 15) is 9.36 Å². The molecule has 0 bridgehead atoms. The summed E-state index contributed by atoms with van der Waals surface area (Å²) < 4.78 is 30.1. The number of carbonyl (C=O) groups excluding carboxylic acids is 1. The first-order valence-corrected chi connectivity index (χ1v) is 12.0. The van der Waals surface area contributed by atoms with Gasteiger partial charge in [0.1, 0.15) is 18.1 Å². The maximum absolute atomic E-state index is 13.7. The number of hydrogen-bond donors (Lipinski definition) is 1. The Labute approximate surface area is 169 Å². The third-order valence-corrected chi connectivity index (χ3v) is 6.04. The van der Waals surface area contributed by atoms with Crippen LogP contribution < -0.4 is 9.61 Å². The maximum Gasteiger partial charge on any atom is 0.342 e. The quantitative estimate of drug-likeness (QED) is 0.365. The van der Waals surface area contributed by atoms with Crippen molar-refractivity contribution in [2.45, 2.75) is 66.3 Å². The Morgan fingerprint density at radius 3 is 2.11 bits per heavy atom. The smallest absolute Gasteiger partial charge is 0.342 e. The van der Waals surface area contributed by atoms with Crippen molar-refractivity contribution in [1.29, 1.82) is 0 Å². The third kappa shape index (κ3) is 7.23. The molecular formula is C21H36NO5P. The molecule has 0 amide bonds. The molecule has 1 aromatic rings. The van der Waals surface area contributed by atoms with E-state index in [1.807, 2.05) is 32.0 Å². The summed E-state index contributed by atoms with van der Waals surface area (Å²) in [6.07, 6.45) is 3.41. The van der Waals surface area contributed by atoms with E-state index in [4.69, 9.17) is 14.0 Å². The Hall–Kier alpha value is -1.36. The molecule has 2 atom stereocenters. The van der Waals surface area contributed by atoms with Crippen LogP contribution in [0.1, 0.15) is 58.6 Å². The number of carbonyl (C=O) groups is 1. The molecule has 0 aliphatic rings. The molecule has 1 aromatic carbocycles. The molecule has 1 rings (SSSR count). The van der Waals surface area contributed by atoms with Crippen LogP contribution in [0.25, 0.3) is 0 Å². The predicted octanol–water partition coefficient (Wildman–Crippen LogP) is 4.94. The van der Waals surface area contributed by atoms with Crippen LogP contribution in [0.3, 0.4) is 0 Å². The van der Waals surface area contributed by atoms with Crippen LogP contribution in [-0.4, -0.2) is 32.1 Å². The largest absolute Gasteiger partial charge is 0.465 e. The van der Waals surface area contributed by atoms with Crippen molar-refractivity contribution in [1.82, 2.24) is 5.09 Å². The second-order valence-electron chi connectivity index (χ2n) is 7.19. The molecule has 0 spiro atoms. The number of nitrogens with one attached hydrogen (secondary N) is 1. The molecule has 0 saturated carbocycles. The fourth-order valence-corrected chi connectivity index (χ4v) is 4.89. The lowest BCUT2D eigenvalue weighted by Gasteiger charge is -2.28. The molecule has 0 aliphatic carbocycles. The Morgan fingerprint density at radius 2 is 1.68 bits per heavy atom. The second kappa shape index (κ2) is 12.3. The van der Waals surface area contributed by atoms with Crippen LogP contribution >= 0.6 is 7.52 Å². The van der Waals surface area contributed by atoms with Crippen LogP contribution in [0, 0.1) is 5.92 Å². The van der Waals surface area contributed by atoms with Gasteiger partial charge in [-0.1, -0.05) is 58.7 Å². The van der Waals surface area contributed by atoms with Gasteiger partial charge < -0.3 is 14.0 Å². The fraction of sp³-hybridized carbons (Fsp3) is 0.667. The number of esters is 1. The van der Waals surface area contributed by atoms with E-state index in [0.717, 1.165) is 36.8 Å². The monoisotopic (exact) mass is 413 g/mol. The van der Waals surface area contributed by atoms with E-state index in [-0.39, 0.29) is 18.9 Å². The summed E-state index contributed by atoms with van der Waals surface area (Å²) >= 11 is 0. The highest BCUT2D eigenvalue weighted by molar-refractivity contribution is 7.57. The lowest BCUT2D eigenvalue weighted by Crippen LogP contribution is -2.42. The molecule has 0 heterocycles. The average Bonchev–Trinajstić information content (AvgIpc) is 2.63. The van der Waals surface area contributed by atoms with Gasteiger partial charge in [-0.15, -0.1) is 0 Å². The maximum atomic E-state index is 13.7. The molecule has 160 valence electrons. The average molecular weight is 413 g/mol. The fourth-order valence-electron chi connectivity index (χ4n) is 3.01. The first-order valence-electron chi connectivity index (χ1n) is 10.1. The number of ether oxygens (including phenoxy) is 2. The SMILES string of the molecule is CCCc1cccc(CCC)c1OP(=O)(COC)N[C@H](C(=O)OCC)C(C)C. The molecule has 0 radical (unpaired) electrons. The molecule has 7 heteroatoms. The number of methoxy groups -OCH3 is 1. The Bertz CT molecular complexity index is 638. The van der Waals surface area contributed by atoms with E-state index in [0.29, 0.717) is 5.75 Å². The summed E-state index contributed by atoms with van der Waals surface area (Å²) in [7, 11) is -2.03. The van der Waals surface area contributed by atoms with Gasteiger partial charge in [0.05, 0.1) is 6.61 Å². The highest BCUT2D eigenvalue weighted by atomic mass is 31.2. The normalized spacial score (nSPS) is 14.5. The number of para-hydroxylation sites is 1. The molecule has 28 heavy (non-hydrogen) atoms. The van der Waals surface area contributed by atoms with Gasteiger partial charge in [0, 0.05) is 7.11 Å². The van der Waals surface area contributed by atoms with Crippen LogP contribution in [0.5, 0.6) is 5.75 Å². The summed E-state index contributed by atoms with van der Waals surface area (Å²) in [5.41, 5.74) is 2.03. The van der Waals surface area contributed by atoms with Crippen molar-refractivity contribution < 1.29 is 23.4 Å². The summed E-state index contributed by atoms with van der Waals surface area (Å²) in [5, 5.41) is 2.94. The van der Waals surface area contributed by atoms with Crippen molar-refractivity contribution in [2.24, 2.45) is 5.92 Å². The Morgan fingerprint density at radius 1 is 1.11 bits per heavy atom. The van der Waals surface area contributed by atoms with Crippen molar-refractivity contribution >= 4 is 13.5 Å². The van der Waals surface area contributed by atoms with Crippen molar-refractivity contribution in [3.05, 3.63) is 29.3 Å². The molecule has 0 aliphatic heterocycles. The third-order valence-electron chi connectivity index (χ3n) is 4.30. The molecule has 1 N–H and O–H groups in total. The summed E-state index contributed by atoms with van der Waals surface area (Å²) in [4.78, 5) is 12.4.